The summed E-state index contributed by atoms with van der Waals surface area (Å²) in [4.78, 5) is 43.5. The summed E-state index contributed by atoms with van der Waals surface area (Å²) >= 11 is 11.3. The van der Waals surface area contributed by atoms with Crippen LogP contribution in [0.4, 0.5) is 16.3 Å². The van der Waals surface area contributed by atoms with E-state index in [1.165, 1.54) is 11.8 Å². The van der Waals surface area contributed by atoms with Gasteiger partial charge in [-0.05, 0) is 12.1 Å². The standard InChI is InChI=1S/C17H21Cl2N5O4/c1-11(25)20-9-13-10-24(17(27)28-13)12-2-3-14(21-8-12)22-4-6-23(7-5-22)16(26)15(18)19/h2-3,8,13,15H,4-7,9-10H2,1H3,(H,20,25)/t13-/m0/s1. The summed E-state index contributed by atoms with van der Waals surface area (Å²) in [6, 6.07) is 3.63. The number of alkyl halides is 2. The molecular formula is C17H21Cl2N5O4. The molecule has 11 heteroatoms. The van der Waals surface area contributed by atoms with Crippen molar-refractivity contribution in [2.24, 2.45) is 0 Å². The first-order chi connectivity index (χ1) is 13.3. The van der Waals surface area contributed by atoms with Gasteiger partial charge in [-0.1, -0.05) is 23.2 Å². The van der Waals surface area contributed by atoms with E-state index in [0.29, 0.717) is 38.4 Å². The van der Waals surface area contributed by atoms with Crippen molar-refractivity contribution in [1.29, 1.82) is 0 Å². The Bertz CT molecular complexity index is 738. The van der Waals surface area contributed by atoms with Gasteiger partial charge in [-0.15, -0.1) is 0 Å². The molecule has 0 spiro atoms. The van der Waals surface area contributed by atoms with Crippen molar-refractivity contribution >= 4 is 52.6 Å². The topological polar surface area (TPSA) is 95.1 Å². The number of hydrogen-bond donors (Lipinski definition) is 1. The number of amides is 3. The summed E-state index contributed by atoms with van der Waals surface area (Å²) in [7, 11) is 0. The largest absolute Gasteiger partial charge is 0.442 e. The fraction of sp³-hybridized carbons (Fsp3) is 0.529. The summed E-state index contributed by atoms with van der Waals surface area (Å²) in [6.45, 7) is 4.29. The first kappa shape index (κ1) is 20.5. The first-order valence-corrected chi connectivity index (χ1v) is 9.73. The molecule has 3 amide bonds. The smallest absolute Gasteiger partial charge is 0.414 e. The number of nitrogens with zero attached hydrogens (tertiary/aromatic N) is 4. The van der Waals surface area contributed by atoms with Crippen LogP contribution in [0.15, 0.2) is 18.3 Å². The lowest BCUT2D eigenvalue weighted by Gasteiger charge is -2.35. The van der Waals surface area contributed by atoms with E-state index in [4.69, 9.17) is 27.9 Å². The minimum atomic E-state index is -1.04. The molecule has 152 valence electrons. The second-order valence-electron chi connectivity index (χ2n) is 6.54. The Morgan fingerprint density at radius 3 is 2.57 bits per heavy atom. The van der Waals surface area contributed by atoms with Gasteiger partial charge < -0.3 is 19.9 Å². The van der Waals surface area contributed by atoms with Crippen molar-refractivity contribution in [3.05, 3.63) is 18.3 Å². The number of hydrogen-bond acceptors (Lipinski definition) is 6. The van der Waals surface area contributed by atoms with Gasteiger partial charge in [0.1, 0.15) is 11.9 Å². The van der Waals surface area contributed by atoms with E-state index >= 15 is 0 Å². The van der Waals surface area contributed by atoms with E-state index in [1.807, 2.05) is 11.0 Å². The molecular weight excluding hydrogens is 409 g/mol. The number of carbonyl (C=O) groups excluding carboxylic acids is 3. The maximum atomic E-state index is 12.1. The quantitative estimate of drug-likeness (QED) is 0.701. The third kappa shape index (κ3) is 4.77. The highest BCUT2D eigenvalue weighted by atomic mass is 35.5. The summed E-state index contributed by atoms with van der Waals surface area (Å²) < 4.78 is 5.25. The van der Waals surface area contributed by atoms with Crippen LogP contribution >= 0.6 is 23.2 Å². The number of anilines is 2. The number of carbonyl (C=O) groups is 3. The van der Waals surface area contributed by atoms with E-state index in [-0.39, 0.29) is 18.4 Å². The molecule has 0 radical (unpaired) electrons. The highest BCUT2D eigenvalue weighted by molar-refractivity contribution is 6.53. The van der Waals surface area contributed by atoms with Crippen molar-refractivity contribution in [1.82, 2.24) is 15.2 Å². The average Bonchev–Trinajstić information content (AvgIpc) is 3.06. The molecule has 1 atom stereocenters. The normalized spacial score (nSPS) is 19.8. The number of ether oxygens (including phenoxy) is 1. The Kier molecular flexibility index (Phi) is 6.46. The molecule has 2 aliphatic rings. The Labute approximate surface area is 172 Å². The summed E-state index contributed by atoms with van der Waals surface area (Å²) in [5, 5.41) is 2.64. The van der Waals surface area contributed by atoms with Crippen LogP contribution in [0.2, 0.25) is 0 Å². The van der Waals surface area contributed by atoms with Crippen LogP contribution in [0.3, 0.4) is 0 Å². The molecule has 2 aliphatic heterocycles. The molecule has 28 heavy (non-hydrogen) atoms. The third-order valence-electron chi connectivity index (χ3n) is 4.60. The van der Waals surface area contributed by atoms with Crippen LogP contribution in [-0.4, -0.2) is 78.0 Å². The lowest BCUT2D eigenvalue weighted by atomic mass is 10.3. The molecule has 9 nitrogen and oxygen atoms in total. The molecule has 2 saturated heterocycles. The van der Waals surface area contributed by atoms with Gasteiger partial charge >= 0.3 is 6.09 Å². The van der Waals surface area contributed by atoms with Gasteiger partial charge in [0.15, 0.2) is 4.84 Å². The van der Waals surface area contributed by atoms with Crippen molar-refractivity contribution in [3.8, 4) is 0 Å². The van der Waals surface area contributed by atoms with Gasteiger partial charge in [0.25, 0.3) is 5.91 Å². The van der Waals surface area contributed by atoms with Crippen molar-refractivity contribution in [3.63, 3.8) is 0 Å². The number of piperazine rings is 1. The zero-order chi connectivity index (χ0) is 20.3. The molecule has 1 aromatic heterocycles. The third-order valence-corrected chi connectivity index (χ3v) is 4.97. The van der Waals surface area contributed by atoms with E-state index in [0.717, 1.165) is 5.82 Å². The highest BCUT2D eigenvalue weighted by Gasteiger charge is 2.32. The average molecular weight is 430 g/mol. The van der Waals surface area contributed by atoms with Gasteiger partial charge in [0.2, 0.25) is 5.91 Å². The molecule has 3 rings (SSSR count). The number of halogens is 2. The SMILES string of the molecule is CC(=O)NC[C@H]1CN(c2ccc(N3CCN(C(=O)C(Cl)Cl)CC3)nc2)C(=O)O1. The molecule has 1 aromatic rings. The van der Waals surface area contributed by atoms with Crippen molar-refractivity contribution < 1.29 is 19.1 Å². The van der Waals surface area contributed by atoms with Gasteiger partial charge in [0.05, 0.1) is 25.0 Å². The zero-order valence-corrected chi connectivity index (χ0v) is 16.8. The fourth-order valence-electron chi connectivity index (χ4n) is 3.12. The van der Waals surface area contributed by atoms with E-state index in [2.05, 4.69) is 10.3 Å². The second-order valence-corrected chi connectivity index (χ2v) is 7.64. The Morgan fingerprint density at radius 1 is 1.29 bits per heavy atom. The van der Waals surface area contributed by atoms with Crippen molar-refractivity contribution in [2.75, 3.05) is 49.1 Å². The molecule has 0 aliphatic carbocycles. The predicted molar refractivity (Wildman–Crippen MR) is 105 cm³/mol. The summed E-state index contributed by atoms with van der Waals surface area (Å²) in [5.41, 5.74) is 0.625. The number of pyridine rings is 1. The lowest BCUT2D eigenvalue weighted by molar-refractivity contribution is -0.129. The number of nitrogens with one attached hydrogen (secondary N) is 1. The van der Waals surface area contributed by atoms with Gasteiger partial charge in [0, 0.05) is 33.1 Å². The van der Waals surface area contributed by atoms with Crippen LogP contribution in [0.25, 0.3) is 0 Å². The molecule has 0 saturated carbocycles. The van der Waals surface area contributed by atoms with E-state index < -0.39 is 17.0 Å². The van der Waals surface area contributed by atoms with Gasteiger partial charge in [-0.2, -0.15) is 0 Å². The molecule has 3 heterocycles. The lowest BCUT2D eigenvalue weighted by Crippen LogP contribution is -2.50. The zero-order valence-electron chi connectivity index (χ0n) is 15.3. The van der Waals surface area contributed by atoms with Crippen LogP contribution in [0.5, 0.6) is 0 Å². The maximum absolute atomic E-state index is 12.1. The Balaban J connectivity index is 1.56. The second kappa shape index (κ2) is 8.83. The summed E-state index contributed by atoms with van der Waals surface area (Å²) in [6.07, 6.45) is 0.755. The number of rotatable bonds is 5. The molecule has 0 aromatic carbocycles. The number of aromatic nitrogens is 1. The van der Waals surface area contributed by atoms with Crippen LogP contribution in [0.1, 0.15) is 6.92 Å². The minimum absolute atomic E-state index is 0.171. The molecule has 1 N–H and O–H groups in total. The Morgan fingerprint density at radius 2 is 2.00 bits per heavy atom. The Hall–Kier alpha value is -2.26. The molecule has 2 fully saturated rings. The molecule has 0 bridgehead atoms. The monoisotopic (exact) mass is 429 g/mol. The highest BCUT2D eigenvalue weighted by Crippen LogP contribution is 2.23. The summed E-state index contributed by atoms with van der Waals surface area (Å²) in [5.74, 6) is 0.300. The van der Waals surface area contributed by atoms with E-state index in [1.54, 1.807) is 17.2 Å². The van der Waals surface area contributed by atoms with Crippen molar-refractivity contribution in [2.45, 2.75) is 17.9 Å². The van der Waals surface area contributed by atoms with Crippen LogP contribution in [0, 0.1) is 0 Å². The first-order valence-electron chi connectivity index (χ1n) is 8.85. The van der Waals surface area contributed by atoms with Crippen LogP contribution < -0.4 is 15.1 Å². The minimum Gasteiger partial charge on any atom is -0.442 e. The fourth-order valence-corrected chi connectivity index (χ4v) is 3.39. The maximum Gasteiger partial charge on any atom is 0.414 e. The van der Waals surface area contributed by atoms with Crippen LogP contribution in [-0.2, 0) is 14.3 Å². The number of cyclic esters (lactones) is 1. The molecule has 0 unspecified atom stereocenters. The van der Waals surface area contributed by atoms with Gasteiger partial charge in [-0.25, -0.2) is 9.78 Å². The van der Waals surface area contributed by atoms with Gasteiger partial charge in [-0.3, -0.25) is 14.5 Å². The van der Waals surface area contributed by atoms with E-state index in [9.17, 15) is 14.4 Å². The predicted octanol–water partition coefficient (Wildman–Crippen LogP) is 0.995.